The highest BCUT2D eigenvalue weighted by molar-refractivity contribution is 9.10. The molecule has 2 aromatic rings. The molecule has 1 aliphatic carbocycles. The van der Waals surface area contributed by atoms with Crippen molar-refractivity contribution in [1.82, 2.24) is 4.98 Å². The van der Waals surface area contributed by atoms with Gasteiger partial charge >= 0.3 is 0 Å². The second kappa shape index (κ2) is 4.19. The molecule has 1 aromatic carbocycles. The van der Waals surface area contributed by atoms with Crippen LogP contribution in [0.1, 0.15) is 29.7 Å². The van der Waals surface area contributed by atoms with Gasteiger partial charge in [-0.3, -0.25) is 4.79 Å². The Bertz CT molecular complexity index is 705. The lowest BCUT2D eigenvalue weighted by Gasteiger charge is -2.17. The molecule has 1 aliphatic rings. The molecule has 0 saturated heterocycles. The van der Waals surface area contributed by atoms with E-state index in [9.17, 15) is 9.18 Å². The molecule has 0 atom stereocenters. The van der Waals surface area contributed by atoms with Crippen molar-refractivity contribution in [3.05, 3.63) is 43.4 Å². The van der Waals surface area contributed by atoms with Crippen LogP contribution in [0, 0.1) is 12.7 Å². The van der Waals surface area contributed by atoms with E-state index in [1.165, 1.54) is 0 Å². The number of aryl methyl sites for hydroxylation is 2. The summed E-state index contributed by atoms with van der Waals surface area (Å²) in [6, 6.07) is 1.71. The summed E-state index contributed by atoms with van der Waals surface area (Å²) in [6.07, 6.45) is 3.74. The highest BCUT2D eigenvalue weighted by atomic mass is 79.9. The number of rotatable bonds is 0. The fraction of sp³-hybridized carbons (Fsp3) is 0.357. The van der Waals surface area contributed by atoms with Gasteiger partial charge in [0.1, 0.15) is 0 Å². The van der Waals surface area contributed by atoms with Crippen molar-refractivity contribution < 1.29 is 4.39 Å². The Morgan fingerprint density at radius 3 is 2.83 bits per heavy atom. The maximum absolute atomic E-state index is 14.1. The average molecular weight is 310 g/mol. The lowest BCUT2D eigenvalue weighted by atomic mass is 9.93. The smallest absolute Gasteiger partial charge is 0.195 e. The third-order valence-electron chi connectivity index (χ3n) is 3.66. The Labute approximate surface area is 112 Å². The Morgan fingerprint density at radius 1 is 1.33 bits per heavy atom. The summed E-state index contributed by atoms with van der Waals surface area (Å²) in [5.74, 6) is -0.453. The monoisotopic (exact) mass is 309 g/mol. The molecule has 0 fully saturated rings. The van der Waals surface area contributed by atoms with Crippen LogP contribution in [0.5, 0.6) is 0 Å². The second-order valence-corrected chi connectivity index (χ2v) is 5.71. The Morgan fingerprint density at radius 2 is 2.06 bits per heavy atom. The van der Waals surface area contributed by atoms with Gasteiger partial charge in [-0.1, -0.05) is 0 Å². The van der Waals surface area contributed by atoms with Gasteiger partial charge in [0.2, 0.25) is 0 Å². The third-order valence-corrected chi connectivity index (χ3v) is 4.24. The number of benzene rings is 1. The summed E-state index contributed by atoms with van der Waals surface area (Å²) in [6.45, 7) is 1.89. The maximum Gasteiger partial charge on any atom is 0.195 e. The van der Waals surface area contributed by atoms with Crippen LogP contribution in [0.15, 0.2) is 15.3 Å². The van der Waals surface area contributed by atoms with Gasteiger partial charge in [0, 0.05) is 11.3 Å². The van der Waals surface area contributed by atoms with E-state index >= 15 is 0 Å². The second-order valence-electron chi connectivity index (χ2n) is 4.86. The number of pyridine rings is 1. The van der Waals surface area contributed by atoms with Crippen molar-refractivity contribution in [1.29, 1.82) is 0 Å². The number of fused-ring (bicyclic) bond motifs is 2. The van der Waals surface area contributed by atoms with Crippen molar-refractivity contribution in [3.8, 4) is 0 Å². The SMILES string of the molecule is Cc1cc(Br)c(F)c2c(=O)c3c([nH]c12)CCCC3. The van der Waals surface area contributed by atoms with E-state index in [1.807, 2.05) is 6.92 Å². The van der Waals surface area contributed by atoms with E-state index in [1.54, 1.807) is 6.07 Å². The van der Waals surface area contributed by atoms with E-state index < -0.39 is 5.82 Å². The molecule has 1 N–H and O–H groups in total. The Hall–Kier alpha value is -1.16. The predicted octanol–water partition coefficient (Wildman–Crippen LogP) is 3.62. The number of hydrogen-bond acceptors (Lipinski definition) is 1. The Kier molecular flexibility index (Phi) is 2.77. The zero-order chi connectivity index (χ0) is 12.9. The standard InChI is InChI=1S/C14H13BrFNO/c1-7-6-9(15)12(16)11-13(7)17-10-5-3-2-4-8(10)14(11)18/h6H,2-5H2,1H3,(H,17,18). The quantitative estimate of drug-likeness (QED) is 0.792. The topological polar surface area (TPSA) is 32.9 Å². The molecule has 0 saturated carbocycles. The molecular weight excluding hydrogens is 297 g/mol. The molecule has 0 radical (unpaired) electrons. The first-order valence-corrected chi connectivity index (χ1v) is 6.91. The van der Waals surface area contributed by atoms with E-state index in [-0.39, 0.29) is 10.8 Å². The van der Waals surface area contributed by atoms with Gasteiger partial charge in [-0.05, 0) is 60.2 Å². The van der Waals surface area contributed by atoms with E-state index in [0.717, 1.165) is 42.5 Å². The van der Waals surface area contributed by atoms with Crippen LogP contribution >= 0.6 is 15.9 Å². The molecule has 18 heavy (non-hydrogen) atoms. The van der Waals surface area contributed by atoms with Gasteiger partial charge in [-0.2, -0.15) is 0 Å². The summed E-state index contributed by atoms with van der Waals surface area (Å²) in [5.41, 5.74) is 3.15. The lowest BCUT2D eigenvalue weighted by Crippen LogP contribution is -2.19. The van der Waals surface area contributed by atoms with E-state index in [2.05, 4.69) is 20.9 Å². The average Bonchev–Trinajstić information content (AvgIpc) is 2.36. The summed E-state index contributed by atoms with van der Waals surface area (Å²) >= 11 is 3.17. The molecule has 2 nitrogen and oxygen atoms in total. The largest absolute Gasteiger partial charge is 0.358 e. The number of hydrogen-bond donors (Lipinski definition) is 1. The number of halogens is 2. The van der Waals surface area contributed by atoms with Crippen molar-refractivity contribution in [2.75, 3.05) is 0 Å². The first-order chi connectivity index (χ1) is 8.59. The Balaban J connectivity index is 2.50. The first kappa shape index (κ1) is 11.9. The van der Waals surface area contributed by atoms with Gasteiger partial charge in [-0.25, -0.2) is 4.39 Å². The predicted molar refractivity (Wildman–Crippen MR) is 73.6 cm³/mol. The van der Waals surface area contributed by atoms with Crippen LogP contribution < -0.4 is 5.43 Å². The minimum Gasteiger partial charge on any atom is -0.358 e. The molecule has 3 rings (SSSR count). The molecule has 1 aromatic heterocycles. The molecule has 0 amide bonds. The van der Waals surface area contributed by atoms with Crippen molar-refractivity contribution in [2.24, 2.45) is 0 Å². The van der Waals surface area contributed by atoms with Gasteiger partial charge in [0.05, 0.1) is 15.4 Å². The van der Waals surface area contributed by atoms with Gasteiger partial charge in [0.25, 0.3) is 0 Å². The summed E-state index contributed by atoms with van der Waals surface area (Å²) in [7, 11) is 0. The fourth-order valence-corrected chi connectivity index (χ4v) is 3.26. The van der Waals surface area contributed by atoms with Crippen LogP contribution in [-0.4, -0.2) is 4.98 Å². The van der Waals surface area contributed by atoms with Crippen LogP contribution in [0.4, 0.5) is 4.39 Å². The maximum atomic E-state index is 14.1. The number of aromatic amines is 1. The molecule has 94 valence electrons. The van der Waals surface area contributed by atoms with Crippen LogP contribution in [-0.2, 0) is 12.8 Å². The molecule has 0 bridgehead atoms. The zero-order valence-corrected chi connectivity index (χ0v) is 11.7. The number of H-pyrrole nitrogens is 1. The molecular formula is C14H13BrFNO. The van der Waals surface area contributed by atoms with Crippen molar-refractivity contribution in [3.63, 3.8) is 0 Å². The molecule has 1 heterocycles. The number of nitrogens with one attached hydrogen (secondary N) is 1. The van der Waals surface area contributed by atoms with Gasteiger partial charge < -0.3 is 4.98 Å². The minimum absolute atomic E-state index is 0.139. The molecule has 0 spiro atoms. The summed E-state index contributed by atoms with van der Waals surface area (Å²) in [4.78, 5) is 15.7. The zero-order valence-electron chi connectivity index (χ0n) is 10.1. The normalized spacial score (nSPS) is 14.8. The summed E-state index contributed by atoms with van der Waals surface area (Å²) in [5, 5.41) is 0.197. The fourth-order valence-electron chi connectivity index (χ4n) is 2.72. The summed E-state index contributed by atoms with van der Waals surface area (Å²) < 4.78 is 14.5. The lowest BCUT2D eigenvalue weighted by molar-refractivity contribution is 0.628. The van der Waals surface area contributed by atoms with Crippen molar-refractivity contribution in [2.45, 2.75) is 32.6 Å². The van der Waals surface area contributed by atoms with Crippen LogP contribution in [0.25, 0.3) is 10.9 Å². The highest BCUT2D eigenvalue weighted by Crippen LogP contribution is 2.27. The minimum atomic E-state index is -0.453. The first-order valence-electron chi connectivity index (χ1n) is 6.12. The third kappa shape index (κ3) is 1.62. The van der Waals surface area contributed by atoms with Gasteiger partial charge in [-0.15, -0.1) is 0 Å². The molecule has 0 aliphatic heterocycles. The van der Waals surface area contributed by atoms with E-state index in [0.29, 0.717) is 9.99 Å². The van der Waals surface area contributed by atoms with Gasteiger partial charge in [0.15, 0.2) is 11.2 Å². The molecule has 0 unspecified atom stereocenters. The van der Waals surface area contributed by atoms with Crippen LogP contribution in [0.2, 0.25) is 0 Å². The number of aromatic nitrogens is 1. The van der Waals surface area contributed by atoms with Crippen molar-refractivity contribution >= 4 is 26.8 Å². The highest BCUT2D eigenvalue weighted by Gasteiger charge is 2.19. The van der Waals surface area contributed by atoms with E-state index in [4.69, 9.17) is 0 Å². The molecule has 4 heteroatoms. The van der Waals surface area contributed by atoms with Crippen LogP contribution in [0.3, 0.4) is 0 Å².